The third kappa shape index (κ3) is 3.24. The Morgan fingerprint density at radius 1 is 1.00 bits per heavy atom. The topological polar surface area (TPSA) is 63.7 Å². The number of carbonyl (C=O) groups is 3. The molecule has 0 unspecified atom stereocenters. The van der Waals surface area contributed by atoms with Gasteiger partial charge in [-0.1, -0.05) is 54.1 Å². The van der Waals surface area contributed by atoms with Gasteiger partial charge in [0.25, 0.3) is 0 Å². The summed E-state index contributed by atoms with van der Waals surface area (Å²) in [5.74, 6) is -0.151. The Hall–Kier alpha value is -2.92. The standard InChI is InChI=1S/C28H26ClNO4/c1-14-10-17(11-15(2)25(14)29)34-28(33)22(12-16-6-4-3-5-7-16)30-26(31)23-18-8-9-19(21-13-20(18)21)24(23)27(30)32/h3-11,18-24H,12-13H2,1-2H3/t18-,19-,20-,21-,22-,23-,24+/m0/s1. The summed E-state index contributed by atoms with van der Waals surface area (Å²) in [6.45, 7) is 3.70. The molecular formula is C28H26ClNO4. The first-order chi connectivity index (χ1) is 16.3. The lowest BCUT2D eigenvalue weighted by Crippen LogP contribution is -2.48. The zero-order chi connectivity index (χ0) is 23.7. The number of nitrogens with zero attached hydrogens (tertiary/aromatic N) is 1. The van der Waals surface area contributed by atoms with Crippen molar-refractivity contribution in [3.05, 3.63) is 76.3 Å². The molecular weight excluding hydrogens is 450 g/mol. The number of amides is 2. The van der Waals surface area contributed by atoms with Crippen molar-refractivity contribution in [3.63, 3.8) is 0 Å². The lowest BCUT2D eigenvalue weighted by molar-refractivity contribution is -0.153. The average Bonchev–Trinajstić information content (AvgIpc) is 3.60. The van der Waals surface area contributed by atoms with Crippen LogP contribution in [0.25, 0.3) is 0 Å². The van der Waals surface area contributed by atoms with Gasteiger partial charge in [-0.05, 0) is 72.8 Å². The SMILES string of the molecule is Cc1cc(OC(=O)[C@H](Cc2ccccc2)N2C(=O)[C@@H]3[C@H]4C=C[C@@H]([C@@H]5C[C@@H]45)[C@@H]3C2=O)cc(C)c1Cl. The Balaban J connectivity index is 1.34. The molecule has 0 aromatic heterocycles. The Bertz CT molecular complexity index is 1180. The molecule has 6 heteroatoms. The lowest BCUT2D eigenvalue weighted by Gasteiger charge is -2.37. The number of benzene rings is 2. The number of esters is 1. The number of halogens is 1. The molecule has 3 fully saturated rings. The molecule has 2 aromatic carbocycles. The third-order valence-corrected chi connectivity index (χ3v) is 8.78. The number of likely N-dealkylation sites (tertiary alicyclic amines) is 1. The van der Waals surface area contributed by atoms with Gasteiger partial charge < -0.3 is 4.74 Å². The number of rotatable bonds is 5. The second-order valence-corrected chi connectivity index (χ2v) is 10.6. The summed E-state index contributed by atoms with van der Waals surface area (Å²) in [4.78, 5) is 42.2. The molecule has 0 spiro atoms. The molecule has 2 amide bonds. The quantitative estimate of drug-likeness (QED) is 0.276. The minimum Gasteiger partial charge on any atom is -0.425 e. The van der Waals surface area contributed by atoms with Crippen LogP contribution in [-0.2, 0) is 20.8 Å². The Labute approximate surface area is 203 Å². The van der Waals surface area contributed by atoms with Gasteiger partial charge in [0, 0.05) is 11.4 Å². The largest absolute Gasteiger partial charge is 0.425 e. The molecule has 7 atom stereocenters. The summed E-state index contributed by atoms with van der Waals surface area (Å²) in [7, 11) is 0. The van der Waals surface area contributed by atoms with Gasteiger partial charge in [-0.2, -0.15) is 0 Å². The van der Waals surface area contributed by atoms with Gasteiger partial charge in [0.2, 0.25) is 11.8 Å². The van der Waals surface area contributed by atoms with E-state index in [1.165, 1.54) is 4.90 Å². The van der Waals surface area contributed by atoms with Crippen LogP contribution in [0.1, 0.15) is 23.1 Å². The number of carbonyl (C=O) groups excluding carboxylic acids is 3. The van der Waals surface area contributed by atoms with E-state index < -0.39 is 12.0 Å². The van der Waals surface area contributed by atoms with Crippen LogP contribution in [0.4, 0.5) is 0 Å². The number of hydrogen-bond donors (Lipinski definition) is 0. The highest BCUT2D eigenvalue weighted by molar-refractivity contribution is 6.32. The molecule has 2 aromatic rings. The van der Waals surface area contributed by atoms with Crippen LogP contribution in [-0.4, -0.2) is 28.7 Å². The highest BCUT2D eigenvalue weighted by atomic mass is 35.5. The normalized spacial score (nSPS) is 31.3. The number of imide groups is 1. The summed E-state index contributed by atoms with van der Waals surface area (Å²) < 4.78 is 5.77. The fraction of sp³-hybridized carbons (Fsp3) is 0.393. The third-order valence-electron chi connectivity index (χ3n) is 8.18. The Kier molecular flexibility index (Phi) is 4.96. The highest BCUT2D eigenvalue weighted by Crippen LogP contribution is 2.65. The Morgan fingerprint density at radius 2 is 1.56 bits per heavy atom. The van der Waals surface area contributed by atoms with Crippen molar-refractivity contribution in [2.75, 3.05) is 0 Å². The van der Waals surface area contributed by atoms with Crippen LogP contribution in [0.3, 0.4) is 0 Å². The van der Waals surface area contributed by atoms with Crippen LogP contribution in [0.15, 0.2) is 54.6 Å². The van der Waals surface area contributed by atoms with Crippen molar-refractivity contribution >= 4 is 29.4 Å². The minimum atomic E-state index is -1.01. The van der Waals surface area contributed by atoms with E-state index in [9.17, 15) is 14.4 Å². The van der Waals surface area contributed by atoms with E-state index in [0.717, 1.165) is 23.1 Å². The summed E-state index contributed by atoms with van der Waals surface area (Å²) >= 11 is 6.27. The maximum Gasteiger partial charge on any atom is 0.335 e. The molecule has 5 aliphatic rings. The zero-order valence-corrected chi connectivity index (χ0v) is 19.9. The van der Waals surface area contributed by atoms with Crippen LogP contribution in [0.2, 0.25) is 5.02 Å². The number of aryl methyl sites for hydroxylation is 2. The average molecular weight is 476 g/mol. The second-order valence-electron chi connectivity index (χ2n) is 10.2. The first-order valence-corrected chi connectivity index (χ1v) is 12.3. The monoisotopic (exact) mass is 475 g/mol. The molecule has 0 radical (unpaired) electrons. The molecule has 174 valence electrons. The van der Waals surface area contributed by atoms with Gasteiger partial charge >= 0.3 is 5.97 Å². The molecule has 1 saturated heterocycles. The summed E-state index contributed by atoms with van der Waals surface area (Å²) in [6.07, 6.45) is 5.59. The van der Waals surface area contributed by atoms with Crippen molar-refractivity contribution in [2.45, 2.75) is 32.7 Å². The molecule has 7 rings (SSSR count). The van der Waals surface area contributed by atoms with Gasteiger partial charge in [-0.15, -0.1) is 0 Å². The maximum atomic E-state index is 13.7. The van der Waals surface area contributed by atoms with E-state index in [2.05, 4.69) is 12.2 Å². The molecule has 1 aliphatic heterocycles. The van der Waals surface area contributed by atoms with Crippen molar-refractivity contribution in [3.8, 4) is 5.75 Å². The Morgan fingerprint density at radius 3 is 2.12 bits per heavy atom. The molecule has 2 saturated carbocycles. The zero-order valence-electron chi connectivity index (χ0n) is 19.1. The lowest BCUT2D eigenvalue weighted by atomic mass is 9.63. The van der Waals surface area contributed by atoms with Crippen molar-refractivity contribution in [2.24, 2.45) is 35.5 Å². The van der Waals surface area contributed by atoms with Gasteiger partial charge in [-0.25, -0.2) is 4.79 Å². The molecule has 34 heavy (non-hydrogen) atoms. The van der Waals surface area contributed by atoms with Crippen molar-refractivity contribution in [1.82, 2.24) is 4.90 Å². The van der Waals surface area contributed by atoms with Gasteiger partial charge in [0.15, 0.2) is 0 Å². The smallest absolute Gasteiger partial charge is 0.335 e. The van der Waals surface area contributed by atoms with Crippen LogP contribution >= 0.6 is 11.6 Å². The van der Waals surface area contributed by atoms with E-state index in [4.69, 9.17) is 16.3 Å². The molecule has 4 aliphatic carbocycles. The van der Waals surface area contributed by atoms with E-state index in [-0.39, 0.29) is 41.9 Å². The van der Waals surface area contributed by atoms with E-state index in [0.29, 0.717) is 22.6 Å². The van der Waals surface area contributed by atoms with Crippen molar-refractivity contribution in [1.29, 1.82) is 0 Å². The van der Waals surface area contributed by atoms with Crippen LogP contribution in [0.5, 0.6) is 5.75 Å². The fourth-order valence-corrected chi connectivity index (χ4v) is 6.66. The number of ether oxygens (including phenoxy) is 1. The first kappa shape index (κ1) is 21.6. The summed E-state index contributed by atoms with van der Waals surface area (Å²) in [6, 6.07) is 11.9. The fourth-order valence-electron chi connectivity index (χ4n) is 6.55. The van der Waals surface area contributed by atoms with Gasteiger partial charge in [0.1, 0.15) is 11.8 Å². The van der Waals surface area contributed by atoms with E-state index >= 15 is 0 Å². The van der Waals surface area contributed by atoms with Crippen LogP contribution in [0, 0.1) is 49.4 Å². The summed E-state index contributed by atoms with van der Waals surface area (Å²) in [5, 5.41) is 0.621. The first-order valence-electron chi connectivity index (χ1n) is 11.9. The molecule has 0 N–H and O–H groups in total. The molecule has 1 heterocycles. The predicted molar refractivity (Wildman–Crippen MR) is 127 cm³/mol. The van der Waals surface area contributed by atoms with E-state index in [1.807, 2.05) is 44.2 Å². The van der Waals surface area contributed by atoms with Gasteiger partial charge in [-0.3, -0.25) is 14.5 Å². The second kappa shape index (κ2) is 7.81. The maximum absolute atomic E-state index is 13.7. The molecule has 5 nitrogen and oxygen atoms in total. The van der Waals surface area contributed by atoms with E-state index in [1.54, 1.807) is 12.1 Å². The molecule has 2 bridgehead atoms. The number of hydrogen-bond acceptors (Lipinski definition) is 4. The highest BCUT2D eigenvalue weighted by Gasteiger charge is 2.68. The van der Waals surface area contributed by atoms with Gasteiger partial charge in [0.05, 0.1) is 11.8 Å². The van der Waals surface area contributed by atoms with Crippen LogP contribution < -0.4 is 4.74 Å². The minimum absolute atomic E-state index is 0.108. The number of allylic oxidation sites excluding steroid dienone is 2. The van der Waals surface area contributed by atoms with Crippen molar-refractivity contribution < 1.29 is 19.1 Å². The predicted octanol–water partition coefficient (Wildman–Crippen LogP) is 4.53. The summed E-state index contributed by atoms with van der Waals surface area (Å²) in [5.41, 5.74) is 2.46.